The van der Waals surface area contributed by atoms with Crippen LogP contribution in [0.4, 0.5) is 5.69 Å². The molecule has 4 atom stereocenters. The van der Waals surface area contributed by atoms with Gasteiger partial charge in [-0.25, -0.2) is 0 Å². The van der Waals surface area contributed by atoms with Crippen molar-refractivity contribution in [1.29, 1.82) is 0 Å². The molecule has 3 heterocycles. The van der Waals surface area contributed by atoms with E-state index >= 15 is 0 Å². The Morgan fingerprint density at radius 3 is 2.50 bits per heavy atom. The van der Waals surface area contributed by atoms with Gasteiger partial charge in [-0.15, -0.1) is 0 Å². The fourth-order valence-corrected chi connectivity index (χ4v) is 5.75. The third-order valence-electron chi connectivity index (χ3n) is 7.41. The van der Waals surface area contributed by atoms with E-state index in [4.69, 9.17) is 23.7 Å². The second-order valence-electron chi connectivity index (χ2n) is 9.08. The van der Waals surface area contributed by atoms with Crippen LogP contribution in [-0.2, 0) is 14.3 Å². The van der Waals surface area contributed by atoms with E-state index in [1.807, 2.05) is 6.07 Å². The van der Waals surface area contributed by atoms with E-state index in [0.717, 1.165) is 0 Å². The highest BCUT2D eigenvalue weighted by Crippen LogP contribution is 2.57. The third-order valence-corrected chi connectivity index (χ3v) is 7.41. The number of esters is 1. The maximum atomic E-state index is 14.3. The molecule has 1 fully saturated rings. The van der Waals surface area contributed by atoms with Crippen LogP contribution in [0.25, 0.3) is 0 Å². The second kappa shape index (κ2) is 8.61. The molecule has 0 radical (unpaired) electrons. The van der Waals surface area contributed by atoms with Gasteiger partial charge in [0.05, 0.1) is 57.8 Å². The molecule has 3 aliphatic heterocycles. The molecule has 36 heavy (non-hydrogen) atoms. The molecule has 2 aromatic rings. The van der Waals surface area contributed by atoms with Gasteiger partial charge in [0.2, 0.25) is 0 Å². The summed E-state index contributed by atoms with van der Waals surface area (Å²) in [5, 5.41) is 2.86. The van der Waals surface area contributed by atoms with Crippen LogP contribution in [0.1, 0.15) is 35.8 Å². The van der Waals surface area contributed by atoms with Crippen LogP contribution < -0.4 is 24.3 Å². The summed E-state index contributed by atoms with van der Waals surface area (Å²) in [5.41, 5.74) is -0.354. The van der Waals surface area contributed by atoms with Crippen molar-refractivity contribution in [2.24, 2.45) is 11.8 Å². The van der Waals surface area contributed by atoms with E-state index in [-0.39, 0.29) is 24.5 Å². The van der Waals surface area contributed by atoms with Crippen molar-refractivity contribution in [3.63, 3.8) is 0 Å². The highest BCUT2D eigenvalue weighted by Gasteiger charge is 2.67. The molecular formula is C26H28N2O8. The average molecular weight is 497 g/mol. The monoisotopic (exact) mass is 496 g/mol. The lowest BCUT2D eigenvalue weighted by Gasteiger charge is -2.38. The molecule has 10 heteroatoms. The Balaban J connectivity index is 1.74. The van der Waals surface area contributed by atoms with Gasteiger partial charge in [-0.3, -0.25) is 14.4 Å². The van der Waals surface area contributed by atoms with Gasteiger partial charge < -0.3 is 33.9 Å². The van der Waals surface area contributed by atoms with Gasteiger partial charge in [0.15, 0.2) is 11.5 Å². The summed E-state index contributed by atoms with van der Waals surface area (Å²) in [4.78, 5) is 43.0. The molecule has 2 aromatic carbocycles. The topological polar surface area (TPSA) is 113 Å². The van der Waals surface area contributed by atoms with Gasteiger partial charge in [-0.2, -0.15) is 0 Å². The lowest BCUT2D eigenvalue weighted by atomic mass is 9.77. The smallest absolute Gasteiger partial charge is 0.312 e. The van der Waals surface area contributed by atoms with Gasteiger partial charge in [0, 0.05) is 23.6 Å². The molecule has 2 amide bonds. The van der Waals surface area contributed by atoms with Gasteiger partial charge in [0.25, 0.3) is 11.8 Å². The number of benzene rings is 2. The van der Waals surface area contributed by atoms with Crippen LogP contribution in [0.2, 0.25) is 0 Å². The van der Waals surface area contributed by atoms with Crippen molar-refractivity contribution in [1.82, 2.24) is 4.90 Å². The normalized spacial score (nSPS) is 25.8. The van der Waals surface area contributed by atoms with E-state index in [1.165, 1.54) is 19.1 Å². The first-order valence-corrected chi connectivity index (χ1v) is 11.7. The number of rotatable bonds is 5. The Labute approximate surface area is 208 Å². The Bertz CT molecular complexity index is 1260. The maximum Gasteiger partial charge on any atom is 0.312 e. The van der Waals surface area contributed by atoms with Gasteiger partial charge in [-0.1, -0.05) is 0 Å². The largest absolute Gasteiger partial charge is 0.497 e. The molecule has 0 aliphatic carbocycles. The van der Waals surface area contributed by atoms with Crippen molar-refractivity contribution in [2.45, 2.75) is 25.4 Å². The molecule has 0 aromatic heterocycles. The van der Waals surface area contributed by atoms with E-state index in [9.17, 15) is 14.4 Å². The Morgan fingerprint density at radius 2 is 1.83 bits per heavy atom. The summed E-state index contributed by atoms with van der Waals surface area (Å²) in [5.74, 6) is -1.10. The predicted molar refractivity (Wildman–Crippen MR) is 128 cm³/mol. The molecule has 0 spiro atoms. The number of nitrogens with zero attached hydrogens (tertiary/aromatic N) is 1. The molecule has 190 valence electrons. The maximum absolute atomic E-state index is 14.3. The minimum absolute atomic E-state index is 0.125. The number of methoxy groups -OCH3 is 3. The van der Waals surface area contributed by atoms with Crippen molar-refractivity contribution < 1.29 is 38.1 Å². The minimum atomic E-state index is -1.55. The standard InChI is InChI=1S/C26H28N2O8/c1-6-35-24(30)21-16-12-36-18-9-13(32-3)7-8-14(18)22(16)28-23(29)15-10-19(33-4)20(34-5)11-17(15)27-25(31)26(21,28)2/h7-11,16,21-22H,6,12H2,1-5H3,(H,27,31)/t16-,21-,22+,26-/m1/s1. The molecule has 0 unspecified atom stereocenters. The first kappa shape index (κ1) is 23.8. The molecule has 0 saturated carbocycles. The number of nitrogens with one attached hydrogen (secondary N) is 1. The Morgan fingerprint density at radius 1 is 1.11 bits per heavy atom. The number of carbonyl (C=O) groups is 3. The SMILES string of the molecule is CCOC(=O)[C@H]1[C@H]2COc3cc(OC)ccc3[C@@H]2N2C(=O)c3cc(OC)c(OC)cc3NC(=O)[C@@]12C. The number of ether oxygens (including phenoxy) is 5. The molecule has 3 aliphatic rings. The number of fused-ring (bicyclic) bond motifs is 6. The molecule has 1 saturated heterocycles. The molecule has 1 N–H and O–H groups in total. The van der Waals surface area contributed by atoms with E-state index in [2.05, 4.69) is 5.32 Å². The van der Waals surface area contributed by atoms with Crippen molar-refractivity contribution in [3.05, 3.63) is 41.5 Å². The second-order valence-corrected chi connectivity index (χ2v) is 9.08. The Kier molecular flexibility index (Phi) is 5.69. The lowest BCUT2D eigenvalue weighted by Crippen LogP contribution is -2.57. The zero-order valence-corrected chi connectivity index (χ0v) is 20.7. The average Bonchev–Trinajstić information content (AvgIpc) is 3.13. The zero-order chi connectivity index (χ0) is 25.8. The fourth-order valence-electron chi connectivity index (χ4n) is 5.75. The van der Waals surface area contributed by atoms with Crippen molar-refractivity contribution in [3.8, 4) is 23.0 Å². The van der Waals surface area contributed by atoms with Crippen molar-refractivity contribution >= 4 is 23.5 Å². The molecule has 10 nitrogen and oxygen atoms in total. The third kappa shape index (κ3) is 3.20. The van der Waals surface area contributed by atoms with E-state index in [1.54, 1.807) is 45.2 Å². The number of amides is 2. The first-order valence-electron chi connectivity index (χ1n) is 11.7. The summed E-state index contributed by atoms with van der Waals surface area (Å²) in [6.07, 6.45) is 0. The quantitative estimate of drug-likeness (QED) is 0.629. The fraction of sp³-hybridized carbons (Fsp3) is 0.423. The van der Waals surface area contributed by atoms with Crippen LogP contribution in [0.3, 0.4) is 0 Å². The van der Waals surface area contributed by atoms with Gasteiger partial charge in [-0.05, 0) is 32.0 Å². The number of anilines is 1. The summed E-state index contributed by atoms with van der Waals surface area (Å²) in [6.45, 7) is 3.58. The zero-order valence-electron chi connectivity index (χ0n) is 20.7. The van der Waals surface area contributed by atoms with Crippen LogP contribution in [-0.4, -0.2) is 62.8 Å². The molecular weight excluding hydrogens is 468 g/mol. The van der Waals surface area contributed by atoms with E-state index < -0.39 is 41.2 Å². The summed E-state index contributed by atoms with van der Waals surface area (Å²) in [7, 11) is 4.50. The molecule has 5 rings (SSSR count). The highest BCUT2D eigenvalue weighted by molar-refractivity contribution is 6.14. The highest BCUT2D eigenvalue weighted by atomic mass is 16.5. The first-order chi connectivity index (χ1) is 17.3. The van der Waals surface area contributed by atoms with Crippen LogP contribution >= 0.6 is 0 Å². The van der Waals surface area contributed by atoms with Crippen LogP contribution in [0.5, 0.6) is 23.0 Å². The summed E-state index contributed by atoms with van der Waals surface area (Å²) in [6, 6.07) is 7.80. The summed E-state index contributed by atoms with van der Waals surface area (Å²) >= 11 is 0. The number of carbonyl (C=O) groups excluding carboxylic acids is 3. The Hall–Kier alpha value is -3.95. The number of hydrogen-bond acceptors (Lipinski definition) is 8. The van der Waals surface area contributed by atoms with E-state index in [0.29, 0.717) is 28.6 Å². The van der Waals surface area contributed by atoms with Crippen LogP contribution in [0, 0.1) is 11.8 Å². The lowest BCUT2D eigenvalue weighted by molar-refractivity contribution is -0.155. The van der Waals surface area contributed by atoms with Gasteiger partial charge >= 0.3 is 5.97 Å². The number of hydrogen-bond donors (Lipinski definition) is 1. The van der Waals surface area contributed by atoms with Crippen LogP contribution in [0.15, 0.2) is 30.3 Å². The van der Waals surface area contributed by atoms with Crippen molar-refractivity contribution in [2.75, 3.05) is 39.9 Å². The van der Waals surface area contributed by atoms with Gasteiger partial charge in [0.1, 0.15) is 17.0 Å². The molecule has 0 bridgehead atoms. The minimum Gasteiger partial charge on any atom is -0.497 e. The summed E-state index contributed by atoms with van der Waals surface area (Å²) < 4.78 is 27.6. The predicted octanol–water partition coefficient (Wildman–Crippen LogP) is 2.81.